The van der Waals surface area contributed by atoms with E-state index in [-0.39, 0.29) is 12.8 Å². The molecule has 2 saturated heterocycles. The molecule has 0 aliphatic carbocycles. The summed E-state index contributed by atoms with van der Waals surface area (Å²) in [4.78, 5) is 11.5. The van der Waals surface area contributed by atoms with E-state index in [0.717, 1.165) is 0 Å². The summed E-state index contributed by atoms with van der Waals surface area (Å²) in [5.41, 5.74) is 0. The summed E-state index contributed by atoms with van der Waals surface area (Å²) in [7, 11) is 0.596. The van der Waals surface area contributed by atoms with Gasteiger partial charge in [-0.25, -0.2) is 0 Å². The number of carbonyl (C=O) groups is 1. The first-order chi connectivity index (χ1) is 11.1. The number of carbonyl (C=O) groups excluding carboxylic acids is 1. The highest BCUT2D eigenvalue weighted by molar-refractivity contribution is 7.53. The Morgan fingerprint density at radius 3 is 2.33 bits per heavy atom. The summed E-state index contributed by atoms with van der Waals surface area (Å²) in [6.45, 7) is 4.82. The average Bonchev–Trinajstić information content (AvgIpc) is 2.79. The van der Waals surface area contributed by atoms with Crippen molar-refractivity contribution in [3.05, 3.63) is 0 Å². The van der Waals surface area contributed by atoms with Gasteiger partial charge >= 0.3 is 13.6 Å². The number of methoxy groups -OCH3 is 1. The van der Waals surface area contributed by atoms with Crippen molar-refractivity contribution in [3.8, 4) is 0 Å². The van der Waals surface area contributed by atoms with Crippen LogP contribution in [0.1, 0.15) is 20.8 Å². The molecule has 2 heterocycles. The molecule has 0 saturated carbocycles. The lowest BCUT2D eigenvalue weighted by Gasteiger charge is -2.44. The van der Waals surface area contributed by atoms with Gasteiger partial charge in [-0.05, 0) is 13.8 Å². The highest BCUT2D eigenvalue weighted by Gasteiger charge is 2.63. The van der Waals surface area contributed by atoms with Crippen LogP contribution < -0.4 is 0 Å². The Labute approximate surface area is 141 Å². The molecular formula is C14H25O9P. The predicted octanol–water partition coefficient (Wildman–Crippen LogP) is 1.30. The van der Waals surface area contributed by atoms with E-state index < -0.39 is 43.5 Å². The van der Waals surface area contributed by atoms with Crippen LogP contribution in [-0.2, 0) is 42.1 Å². The molecule has 0 amide bonds. The van der Waals surface area contributed by atoms with Gasteiger partial charge in [-0.3, -0.25) is 9.36 Å². The topological polar surface area (TPSA) is 98.8 Å². The Morgan fingerprint density at radius 2 is 1.83 bits per heavy atom. The molecule has 0 spiro atoms. The minimum Gasteiger partial charge on any atom is -0.457 e. The van der Waals surface area contributed by atoms with E-state index in [1.54, 1.807) is 13.8 Å². The molecule has 0 radical (unpaired) electrons. The number of rotatable bonds is 6. The Bertz CT molecular complexity index is 514. The second kappa shape index (κ2) is 6.99. The third-order valence-electron chi connectivity index (χ3n) is 4.09. The maximum Gasteiger partial charge on any atom is 0.332 e. The van der Waals surface area contributed by atoms with E-state index in [1.807, 2.05) is 0 Å². The molecule has 140 valence electrons. The second-order valence-electron chi connectivity index (χ2n) is 6.13. The minimum atomic E-state index is -3.41. The zero-order chi connectivity index (χ0) is 18.2. The van der Waals surface area contributed by atoms with Crippen LogP contribution >= 0.6 is 7.60 Å². The highest BCUT2D eigenvalue weighted by Crippen LogP contribution is 2.51. The molecule has 24 heavy (non-hydrogen) atoms. The Balaban J connectivity index is 2.33. The number of hydrogen-bond donors (Lipinski definition) is 0. The maximum absolute atomic E-state index is 12.5. The molecule has 4 atom stereocenters. The summed E-state index contributed by atoms with van der Waals surface area (Å²) < 4.78 is 50.7. The number of hydrogen-bond acceptors (Lipinski definition) is 9. The van der Waals surface area contributed by atoms with Crippen molar-refractivity contribution in [1.82, 2.24) is 0 Å². The van der Waals surface area contributed by atoms with E-state index in [4.69, 9.17) is 32.7 Å². The molecule has 0 bridgehead atoms. The summed E-state index contributed by atoms with van der Waals surface area (Å²) in [5.74, 6) is -2.69. The quantitative estimate of drug-likeness (QED) is 0.507. The van der Waals surface area contributed by atoms with E-state index in [9.17, 15) is 9.36 Å². The summed E-state index contributed by atoms with van der Waals surface area (Å²) in [6, 6.07) is 0. The van der Waals surface area contributed by atoms with Crippen molar-refractivity contribution in [2.75, 3.05) is 34.1 Å². The van der Waals surface area contributed by atoms with Gasteiger partial charge in [0, 0.05) is 28.3 Å². The summed E-state index contributed by atoms with van der Waals surface area (Å²) >= 11 is 0. The summed E-state index contributed by atoms with van der Waals surface area (Å²) in [6.07, 6.45) is -2.52. The van der Waals surface area contributed by atoms with Crippen LogP contribution in [0.4, 0.5) is 0 Å². The van der Waals surface area contributed by atoms with E-state index in [0.29, 0.717) is 0 Å². The third kappa shape index (κ3) is 3.83. The Kier molecular flexibility index (Phi) is 5.76. The Hall–Kier alpha value is -0.540. The van der Waals surface area contributed by atoms with Gasteiger partial charge in [0.1, 0.15) is 12.7 Å². The molecule has 0 aromatic carbocycles. The fourth-order valence-corrected chi connectivity index (χ4v) is 4.03. The molecule has 2 aliphatic rings. The van der Waals surface area contributed by atoms with E-state index in [1.165, 1.54) is 28.3 Å². The SMILES string of the molecule is CO[C@]12COC(C)(C)O[C@H]1[C@H](OC(C)=O)[C@@H](CP(=O)(OC)OC)O2. The number of ether oxygens (including phenoxy) is 5. The first-order valence-electron chi connectivity index (χ1n) is 7.53. The number of esters is 1. The molecule has 2 aliphatic heterocycles. The normalized spacial score (nSPS) is 35.5. The van der Waals surface area contributed by atoms with Crippen molar-refractivity contribution in [3.63, 3.8) is 0 Å². The second-order valence-corrected chi connectivity index (χ2v) is 8.45. The molecule has 0 aromatic rings. The summed E-state index contributed by atoms with van der Waals surface area (Å²) in [5, 5.41) is 0. The monoisotopic (exact) mass is 368 g/mol. The molecule has 10 heteroatoms. The van der Waals surface area contributed by atoms with Crippen LogP contribution in [0.3, 0.4) is 0 Å². The fourth-order valence-electron chi connectivity index (χ4n) is 2.86. The first-order valence-corrected chi connectivity index (χ1v) is 9.25. The predicted molar refractivity (Wildman–Crippen MR) is 81.6 cm³/mol. The smallest absolute Gasteiger partial charge is 0.332 e. The van der Waals surface area contributed by atoms with Crippen LogP contribution in [-0.4, -0.2) is 70.0 Å². The highest BCUT2D eigenvalue weighted by atomic mass is 31.2. The standard InChI is InChI=1S/C14H25O9P/c1-9(15)21-11-10(7-24(16,18-5)19-6)22-14(17-4)8-20-13(2,3)23-12(11)14/h10-12H,7-8H2,1-6H3/t10-,11-,12+,14+/m1/s1. The van der Waals surface area contributed by atoms with Crippen LogP contribution in [0, 0.1) is 0 Å². The van der Waals surface area contributed by atoms with Crippen LogP contribution in [0.15, 0.2) is 0 Å². The first kappa shape index (κ1) is 19.8. The third-order valence-corrected chi connectivity index (χ3v) is 6.01. The van der Waals surface area contributed by atoms with Gasteiger partial charge in [0.05, 0.1) is 6.16 Å². The lowest BCUT2D eigenvalue weighted by atomic mass is 10.0. The lowest BCUT2D eigenvalue weighted by molar-refractivity contribution is -0.384. The molecule has 0 N–H and O–H groups in total. The molecule has 2 rings (SSSR count). The fraction of sp³-hybridized carbons (Fsp3) is 0.929. The van der Waals surface area contributed by atoms with Gasteiger partial charge in [-0.2, -0.15) is 0 Å². The molecule has 0 aromatic heterocycles. The molecule has 0 unspecified atom stereocenters. The van der Waals surface area contributed by atoms with Crippen LogP contribution in [0.2, 0.25) is 0 Å². The van der Waals surface area contributed by atoms with Gasteiger partial charge in [0.2, 0.25) is 5.79 Å². The van der Waals surface area contributed by atoms with E-state index in [2.05, 4.69) is 0 Å². The van der Waals surface area contributed by atoms with Crippen molar-refractivity contribution < 1.29 is 42.1 Å². The largest absolute Gasteiger partial charge is 0.457 e. The minimum absolute atomic E-state index is 0.0691. The molecule has 2 fully saturated rings. The number of fused-ring (bicyclic) bond motifs is 1. The lowest BCUT2D eigenvalue weighted by Crippen LogP contribution is -2.59. The molecule has 9 nitrogen and oxygen atoms in total. The Morgan fingerprint density at radius 1 is 1.21 bits per heavy atom. The van der Waals surface area contributed by atoms with Crippen molar-refractivity contribution in [1.29, 1.82) is 0 Å². The zero-order valence-corrected chi connectivity index (χ0v) is 15.7. The van der Waals surface area contributed by atoms with Gasteiger partial charge in [-0.1, -0.05) is 0 Å². The van der Waals surface area contributed by atoms with Crippen molar-refractivity contribution >= 4 is 13.6 Å². The van der Waals surface area contributed by atoms with Crippen molar-refractivity contribution in [2.45, 2.75) is 50.7 Å². The van der Waals surface area contributed by atoms with Gasteiger partial charge in [0.15, 0.2) is 18.0 Å². The van der Waals surface area contributed by atoms with Crippen LogP contribution in [0.25, 0.3) is 0 Å². The van der Waals surface area contributed by atoms with Gasteiger partial charge in [0.25, 0.3) is 0 Å². The van der Waals surface area contributed by atoms with Crippen LogP contribution in [0.5, 0.6) is 0 Å². The molecular weight excluding hydrogens is 343 g/mol. The maximum atomic E-state index is 12.5. The zero-order valence-electron chi connectivity index (χ0n) is 14.8. The van der Waals surface area contributed by atoms with Gasteiger partial charge < -0.3 is 32.7 Å². The van der Waals surface area contributed by atoms with Crippen molar-refractivity contribution in [2.24, 2.45) is 0 Å². The average molecular weight is 368 g/mol. The van der Waals surface area contributed by atoms with Gasteiger partial charge in [-0.15, -0.1) is 0 Å². The van der Waals surface area contributed by atoms with E-state index >= 15 is 0 Å².